The topological polar surface area (TPSA) is 12.0 Å². The summed E-state index contributed by atoms with van der Waals surface area (Å²) in [5.41, 5.74) is 4.93. The predicted molar refractivity (Wildman–Crippen MR) is 93.1 cm³/mol. The summed E-state index contributed by atoms with van der Waals surface area (Å²) in [6.07, 6.45) is 8.22. The predicted octanol–water partition coefficient (Wildman–Crippen LogP) is 5.28. The molecule has 1 aromatic carbocycles. The smallest absolute Gasteiger partial charge is 0.00968 e. The second-order valence-corrected chi connectivity index (χ2v) is 8.10. The molecular formula is C20H33N. The third-order valence-electron chi connectivity index (χ3n) is 5.14. The molecule has 1 fully saturated rings. The summed E-state index contributed by atoms with van der Waals surface area (Å²) in [4.78, 5) is 0. The lowest BCUT2D eigenvalue weighted by atomic mass is 9.73. The fourth-order valence-corrected chi connectivity index (χ4v) is 3.48. The van der Waals surface area contributed by atoms with E-state index < -0.39 is 0 Å². The van der Waals surface area contributed by atoms with Crippen molar-refractivity contribution >= 4 is 0 Å². The van der Waals surface area contributed by atoms with Crippen LogP contribution < -0.4 is 5.32 Å². The van der Waals surface area contributed by atoms with E-state index in [1.165, 1.54) is 49.7 Å². The molecule has 0 aliphatic heterocycles. The minimum atomic E-state index is 0.193. The first kappa shape index (κ1) is 16.5. The molecule has 118 valence electrons. The first-order chi connectivity index (χ1) is 9.82. The van der Waals surface area contributed by atoms with Gasteiger partial charge in [0.25, 0.3) is 0 Å². The van der Waals surface area contributed by atoms with Crippen LogP contribution in [-0.4, -0.2) is 12.1 Å². The molecule has 1 N–H and O–H groups in total. The fraction of sp³-hybridized carbons (Fsp3) is 0.700. The minimum Gasteiger partial charge on any atom is -0.311 e. The summed E-state index contributed by atoms with van der Waals surface area (Å²) >= 11 is 0. The van der Waals surface area contributed by atoms with Gasteiger partial charge < -0.3 is 5.32 Å². The molecule has 1 heteroatoms. The van der Waals surface area contributed by atoms with Gasteiger partial charge in [-0.2, -0.15) is 0 Å². The van der Waals surface area contributed by atoms with Crippen LogP contribution in [0.2, 0.25) is 0 Å². The normalized spacial score (nSPS) is 19.3. The van der Waals surface area contributed by atoms with Crippen molar-refractivity contribution in [2.45, 2.75) is 84.1 Å². The summed E-state index contributed by atoms with van der Waals surface area (Å²) < 4.78 is 0. The molecule has 21 heavy (non-hydrogen) atoms. The van der Waals surface area contributed by atoms with Crippen LogP contribution in [0.15, 0.2) is 18.2 Å². The van der Waals surface area contributed by atoms with Crippen LogP contribution in [0.1, 0.15) is 76.0 Å². The van der Waals surface area contributed by atoms with Crippen LogP contribution in [0.5, 0.6) is 0 Å². The van der Waals surface area contributed by atoms with E-state index in [0.717, 1.165) is 6.54 Å². The molecule has 1 aliphatic carbocycles. The maximum atomic E-state index is 3.79. The highest BCUT2D eigenvalue weighted by Gasteiger charge is 2.33. The Labute approximate surface area is 131 Å². The average molecular weight is 287 g/mol. The van der Waals surface area contributed by atoms with Crippen LogP contribution in [0.3, 0.4) is 0 Å². The Hall–Kier alpha value is -0.820. The lowest BCUT2D eigenvalue weighted by Crippen LogP contribution is -2.46. The molecule has 0 heterocycles. The Morgan fingerprint density at radius 1 is 0.952 bits per heavy atom. The minimum absolute atomic E-state index is 0.193. The summed E-state index contributed by atoms with van der Waals surface area (Å²) in [7, 11) is 0. The number of rotatable bonds is 3. The van der Waals surface area contributed by atoms with E-state index >= 15 is 0 Å². The fourth-order valence-electron chi connectivity index (χ4n) is 3.48. The lowest BCUT2D eigenvalue weighted by Gasteiger charge is -2.37. The molecule has 0 aromatic heterocycles. The monoisotopic (exact) mass is 287 g/mol. The SMILES string of the molecule is Cc1ccc(C2(CNC(C)(C)C)CCCCCC2)cc1C. The number of nitrogens with one attached hydrogen (secondary N) is 1. The van der Waals surface area contributed by atoms with Crippen molar-refractivity contribution in [1.29, 1.82) is 0 Å². The molecule has 0 spiro atoms. The van der Waals surface area contributed by atoms with Crippen molar-refractivity contribution in [3.05, 3.63) is 34.9 Å². The van der Waals surface area contributed by atoms with Gasteiger partial charge in [0.1, 0.15) is 0 Å². The summed E-state index contributed by atoms with van der Waals surface area (Å²) in [5.74, 6) is 0. The zero-order valence-corrected chi connectivity index (χ0v) is 14.7. The highest BCUT2D eigenvalue weighted by atomic mass is 15.0. The molecule has 0 saturated heterocycles. The second-order valence-electron chi connectivity index (χ2n) is 8.10. The van der Waals surface area contributed by atoms with Crippen molar-refractivity contribution < 1.29 is 0 Å². The van der Waals surface area contributed by atoms with Gasteiger partial charge in [0.15, 0.2) is 0 Å². The first-order valence-corrected chi connectivity index (χ1v) is 8.65. The van der Waals surface area contributed by atoms with Gasteiger partial charge in [-0.3, -0.25) is 0 Å². The first-order valence-electron chi connectivity index (χ1n) is 8.65. The van der Waals surface area contributed by atoms with Crippen molar-refractivity contribution in [3.8, 4) is 0 Å². The largest absolute Gasteiger partial charge is 0.311 e. The van der Waals surface area contributed by atoms with E-state index in [0.29, 0.717) is 5.41 Å². The van der Waals surface area contributed by atoms with E-state index in [1.807, 2.05) is 0 Å². The molecule has 0 amide bonds. The van der Waals surface area contributed by atoms with Crippen molar-refractivity contribution in [1.82, 2.24) is 5.32 Å². The molecule has 2 rings (SSSR count). The van der Waals surface area contributed by atoms with Crippen molar-refractivity contribution in [3.63, 3.8) is 0 Å². The maximum absolute atomic E-state index is 3.79. The van der Waals surface area contributed by atoms with Gasteiger partial charge >= 0.3 is 0 Å². The zero-order chi connectivity index (χ0) is 15.5. The van der Waals surface area contributed by atoms with Crippen molar-refractivity contribution in [2.24, 2.45) is 0 Å². The molecule has 0 bridgehead atoms. The van der Waals surface area contributed by atoms with Gasteiger partial charge in [-0.1, -0.05) is 43.9 Å². The van der Waals surface area contributed by atoms with Gasteiger partial charge in [0, 0.05) is 17.5 Å². The number of aryl methyl sites for hydroxylation is 2. The average Bonchev–Trinajstić information content (AvgIpc) is 2.65. The molecule has 1 nitrogen and oxygen atoms in total. The third-order valence-corrected chi connectivity index (χ3v) is 5.14. The zero-order valence-electron chi connectivity index (χ0n) is 14.7. The molecule has 1 saturated carbocycles. The van der Waals surface area contributed by atoms with E-state index in [1.54, 1.807) is 5.56 Å². The highest BCUT2D eigenvalue weighted by molar-refractivity contribution is 5.35. The Kier molecular flexibility index (Phi) is 5.14. The third kappa shape index (κ3) is 4.32. The maximum Gasteiger partial charge on any atom is 0.00968 e. The van der Waals surface area contributed by atoms with Gasteiger partial charge in [0.05, 0.1) is 0 Å². The molecule has 0 atom stereocenters. The van der Waals surface area contributed by atoms with Gasteiger partial charge in [-0.05, 0) is 64.2 Å². The van der Waals surface area contributed by atoms with Gasteiger partial charge in [0.2, 0.25) is 0 Å². The van der Waals surface area contributed by atoms with Crippen LogP contribution in [0, 0.1) is 13.8 Å². The number of hydrogen-bond acceptors (Lipinski definition) is 1. The van der Waals surface area contributed by atoms with E-state index in [4.69, 9.17) is 0 Å². The van der Waals surface area contributed by atoms with E-state index in [9.17, 15) is 0 Å². The lowest BCUT2D eigenvalue weighted by molar-refractivity contribution is 0.300. The molecule has 1 aliphatic rings. The van der Waals surface area contributed by atoms with Crippen molar-refractivity contribution in [2.75, 3.05) is 6.54 Å². The summed E-state index contributed by atoms with van der Waals surface area (Å²) in [5, 5.41) is 3.79. The molecule has 1 aromatic rings. The van der Waals surface area contributed by atoms with Crippen LogP contribution in [0.25, 0.3) is 0 Å². The molecular weight excluding hydrogens is 254 g/mol. The number of benzene rings is 1. The summed E-state index contributed by atoms with van der Waals surface area (Å²) in [6, 6.07) is 7.15. The van der Waals surface area contributed by atoms with E-state index in [2.05, 4.69) is 58.1 Å². The molecule has 0 unspecified atom stereocenters. The number of hydrogen-bond donors (Lipinski definition) is 1. The highest BCUT2D eigenvalue weighted by Crippen LogP contribution is 2.39. The van der Waals surface area contributed by atoms with E-state index in [-0.39, 0.29) is 5.54 Å². The van der Waals surface area contributed by atoms with Crippen LogP contribution in [-0.2, 0) is 5.41 Å². The molecule has 0 radical (unpaired) electrons. The van der Waals surface area contributed by atoms with Crippen LogP contribution in [0.4, 0.5) is 0 Å². The summed E-state index contributed by atoms with van der Waals surface area (Å²) in [6.45, 7) is 12.4. The second kappa shape index (κ2) is 6.52. The standard InChI is InChI=1S/C20H33N/c1-16-10-11-18(14-17(16)2)20(15-21-19(3,4)5)12-8-6-7-9-13-20/h10-11,14,21H,6-9,12-13,15H2,1-5H3. The van der Waals surface area contributed by atoms with Gasteiger partial charge in [-0.15, -0.1) is 0 Å². The Balaban J connectivity index is 2.31. The quantitative estimate of drug-likeness (QED) is 0.745. The van der Waals surface area contributed by atoms with Gasteiger partial charge in [-0.25, -0.2) is 0 Å². The Morgan fingerprint density at radius 2 is 1.57 bits per heavy atom. The Bertz CT molecular complexity index is 459. The Morgan fingerprint density at radius 3 is 2.10 bits per heavy atom. The van der Waals surface area contributed by atoms with Crippen LogP contribution >= 0.6 is 0 Å².